The summed E-state index contributed by atoms with van der Waals surface area (Å²) in [6.45, 7) is 11.3. The Morgan fingerprint density at radius 1 is 1.03 bits per heavy atom. The molecule has 1 aliphatic carbocycles. The lowest BCUT2D eigenvalue weighted by Gasteiger charge is -2.27. The third-order valence-electron chi connectivity index (χ3n) is 5.73. The van der Waals surface area contributed by atoms with Gasteiger partial charge in [0, 0.05) is 43.0 Å². The van der Waals surface area contributed by atoms with E-state index in [0.717, 1.165) is 13.1 Å². The Morgan fingerprint density at radius 3 is 2.26 bits per heavy atom. The highest BCUT2D eigenvalue weighted by atomic mass is 16.6. The van der Waals surface area contributed by atoms with Gasteiger partial charge in [-0.05, 0) is 27.7 Å². The van der Waals surface area contributed by atoms with Crippen LogP contribution >= 0.6 is 0 Å². The number of carbonyl (C=O) groups is 3. The summed E-state index contributed by atoms with van der Waals surface area (Å²) in [7, 11) is 0. The van der Waals surface area contributed by atoms with Gasteiger partial charge in [0.15, 0.2) is 5.78 Å². The molecule has 1 aromatic heterocycles. The van der Waals surface area contributed by atoms with Gasteiger partial charge in [0.1, 0.15) is 11.3 Å². The number of hydrogen-bond acceptors (Lipinski definition) is 6. The molecule has 2 heterocycles. The van der Waals surface area contributed by atoms with Crippen molar-refractivity contribution in [2.45, 2.75) is 39.8 Å². The van der Waals surface area contributed by atoms with E-state index in [1.807, 2.05) is 4.57 Å². The van der Waals surface area contributed by atoms with Crippen LogP contribution in [0.4, 0.5) is 0 Å². The SMILES string of the molecule is Cc1c(C(=O)OC(C)(C)C)c2c(n1CCN1CCOCC1)C(=O)c1ccccc1C2=O. The highest BCUT2D eigenvalue weighted by Crippen LogP contribution is 2.34. The number of ketones is 2. The first-order valence-corrected chi connectivity index (χ1v) is 10.6. The quantitative estimate of drug-likeness (QED) is 0.600. The number of esters is 1. The molecular formula is C24H28N2O5. The zero-order valence-electron chi connectivity index (χ0n) is 18.5. The largest absolute Gasteiger partial charge is 0.456 e. The fourth-order valence-electron chi connectivity index (χ4n) is 4.26. The molecule has 164 valence electrons. The molecule has 2 aliphatic rings. The first-order valence-electron chi connectivity index (χ1n) is 10.6. The Labute approximate surface area is 181 Å². The Kier molecular flexibility index (Phi) is 5.58. The molecule has 0 unspecified atom stereocenters. The summed E-state index contributed by atoms with van der Waals surface area (Å²) >= 11 is 0. The Hall–Kier alpha value is -2.77. The van der Waals surface area contributed by atoms with Gasteiger partial charge in [-0.2, -0.15) is 0 Å². The minimum atomic E-state index is -0.716. The minimum Gasteiger partial charge on any atom is -0.456 e. The second-order valence-corrected chi connectivity index (χ2v) is 9.00. The topological polar surface area (TPSA) is 77.8 Å². The Balaban J connectivity index is 1.81. The van der Waals surface area contributed by atoms with E-state index in [2.05, 4.69) is 4.90 Å². The molecule has 0 spiro atoms. The van der Waals surface area contributed by atoms with Crippen molar-refractivity contribution in [1.82, 2.24) is 9.47 Å². The summed E-state index contributed by atoms with van der Waals surface area (Å²) in [5, 5.41) is 0. The normalized spacial score (nSPS) is 16.8. The van der Waals surface area contributed by atoms with Gasteiger partial charge in [-0.3, -0.25) is 14.5 Å². The third kappa shape index (κ3) is 3.95. The van der Waals surface area contributed by atoms with Crippen molar-refractivity contribution in [2.75, 3.05) is 32.8 Å². The van der Waals surface area contributed by atoms with Crippen molar-refractivity contribution >= 4 is 17.5 Å². The number of rotatable bonds is 4. The predicted molar refractivity (Wildman–Crippen MR) is 115 cm³/mol. The summed E-state index contributed by atoms with van der Waals surface area (Å²) in [6, 6.07) is 6.78. The lowest BCUT2D eigenvalue weighted by atomic mass is 9.86. The van der Waals surface area contributed by atoms with E-state index in [4.69, 9.17) is 9.47 Å². The average molecular weight is 424 g/mol. The van der Waals surface area contributed by atoms with E-state index in [1.54, 1.807) is 52.0 Å². The number of carbonyl (C=O) groups excluding carboxylic acids is 3. The van der Waals surface area contributed by atoms with E-state index < -0.39 is 11.6 Å². The summed E-state index contributed by atoms with van der Waals surface area (Å²) in [5.74, 6) is -1.11. The third-order valence-corrected chi connectivity index (χ3v) is 5.73. The minimum absolute atomic E-state index is 0.164. The molecule has 0 amide bonds. The van der Waals surface area contributed by atoms with Crippen LogP contribution < -0.4 is 0 Å². The molecule has 0 radical (unpaired) electrons. The van der Waals surface area contributed by atoms with Crippen molar-refractivity contribution in [1.29, 1.82) is 0 Å². The molecule has 7 heteroatoms. The first kappa shape index (κ1) is 21.5. The number of nitrogens with zero attached hydrogens (tertiary/aromatic N) is 2. The Bertz CT molecular complexity index is 1050. The summed E-state index contributed by atoms with van der Waals surface area (Å²) in [5.41, 5.74) is 1.22. The van der Waals surface area contributed by atoms with Gasteiger partial charge in [0.2, 0.25) is 5.78 Å². The van der Waals surface area contributed by atoms with Crippen LogP contribution in [0.2, 0.25) is 0 Å². The molecule has 0 saturated carbocycles. The van der Waals surface area contributed by atoms with E-state index in [1.165, 1.54) is 0 Å². The predicted octanol–water partition coefficient (Wildman–Crippen LogP) is 2.86. The number of ether oxygens (including phenoxy) is 2. The Morgan fingerprint density at radius 2 is 1.65 bits per heavy atom. The van der Waals surface area contributed by atoms with Crippen LogP contribution in [0.15, 0.2) is 24.3 Å². The van der Waals surface area contributed by atoms with E-state index in [0.29, 0.717) is 43.1 Å². The number of aromatic nitrogens is 1. The van der Waals surface area contributed by atoms with Crippen LogP contribution in [0.1, 0.15) is 68.8 Å². The molecule has 4 rings (SSSR count). The molecule has 1 aromatic carbocycles. The molecule has 0 N–H and O–H groups in total. The standard InChI is InChI=1S/C24H28N2O5/c1-15-18(23(29)31-24(2,3)4)19-20(26(15)10-9-25-11-13-30-14-12-25)22(28)17-8-6-5-7-16(17)21(19)27/h5-8H,9-14H2,1-4H3. The van der Waals surface area contributed by atoms with Gasteiger partial charge in [0.25, 0.3) is 0 Å². The smallest absolute Gasteiger partial charge is 0.341 e. The van der Waals surface area contributed by atoms with Gasteiger partial charge in [-0.1, -0.05) is 24.3 Å². The van der Waals surface area contributed by atoms with E-state index in [-0.39, 0.29) is 28.4 Å². The summed E-state index contributed by atoms with van der Waals surface area (Å²) < 4.78 is 12.8. The lowest BCUT2D eigenvalue weighted by Crippen LogP contribution is -2.38. The van der Waals surface area contributed by atoms with Gasteiger partial charge in [-0.15, -0.1) is 0 Å². The molecule has 1 saturated heterocycles. The van der Waals surface area contributed by atoms with Gasteiger partial charge in [0.05, 0.1) is 24.3 Å². The van der Waals surface area contributed by atoms with Gasteiger partial charge >= 0.3 is 5.97 Å². The van der Waals surface area contributed by atoms with E-state index in [9.17, 15) is 14.4 Å². The zero-order chi connectivity index (χ0) is 22.3. The maximum absolute atomic E-state index is 13.4. The van der Waals surface area contributed by atoms with Crippen LogP contribution in [-0.4, -0.2) is 65.5 Å². The molecule has 0 bridgehead atoms. The van der Waals surface area contributed by atoms with Crippen molar-refractivity contribution in [3.05, 3.63) is 57.9 Å². The molecule has 2 aromatic rings. The van der Waals surface area contributed by atoms with Gasteiger partial charge < -0.3 is 14.0 Å². The van der Waals surface area contributed by atoms with Crippen molar-refractivity contribution < 1.29 is 23.9 Å². The molecular weight excluding hydrogens is 396 g/mol. The maximum atomic E-state index is 13.4. The van der Waals surface area contributed by atoms with Crippen LogP contribution in [0.3, 0.4) is 0 Å². The molecule has 31 heavy (non-hydrogen) atoms. The van der Waals surface area contributed by atoms with E-state index >= 15 is 0 Å². The fourth-order valence-corrected chi connectivity index (χ4v) is 4.26. The maximum Gasteiger partial charge on any atom is 0.341 e. The van der Waals surface area contributed by atoms with Crippen molar-refractivity contribution in [3.63, 3.8) is 0 Å². The molecule has 0 atom stereocenters. The fraction of sp³-hybridized carbons (Fsp3) is 0.458. The lowest BCUT2D eigenvalue weighted by molar-refractivity contribution is 0.00670. The second-order valence-electron chi connectivity index (χ2n) is 9.00. The number of benzene rings is 1. The van der Waals surface area contributed by atoms with Crippen LogP contribution in [0.25, 0.3) is 0 Å². The molecule has 1 aliphatic heterocycles. The average Bonchev–Trinajstić information content (AvgIpc) is 3.02. The molecule has 1 fully saturated rings. The van der Waals surface area contributed by atoms with Gasteiger partial charge in [-0.25, -0.2) is 4.79 Å². The highest BCUT2D eigenvalue weighted by Gasteiger charge is 2.40. The van der Waals surface area contributed by atoms with Crippen LogP contribution in [0.5, 0.6) is 0 Å². The summed E-state index contributed by atoms with van der Waals surface area (Å²) in [6.07, 6.45) is 0. The zero-order valence-corrected chi connectivity index (χ0v) is 18.5. The molecule has 7 nitrogen and oxygen atoms in total. The second kappa shape index (κ2) is 8.05. The summed E-state index contributed by atoms with van der Waals surface area (Å²) in [4.78, 5) is 42.2. The number of fused-ring (bicyclic) bond motifs is 2. The number of hydrogen-bond donors (Lipinski definition) is 0. The van der Waals surface area contributed by atoms with Crippen LogP contribution in [-0.2, 0) is 16.0 Å². The number of morpholine rings is 1. The first-order chi connectivity index (χ1) is 14.7. The van der Waals surface area contributed by atoms with Crippen LogP contribution in [0, 0.1) is 6.92 Å². The monoisotopic (exact) mass is 424 g/mol. The van der Waals surface area contributed by atoms with Crippen molar-refractivity contribution in [2.24, 2.45) is 0 Å². The highest BCUT2D eigenvalue weighted by molar-refractivity contribution is 6.30. The van der Waals surface area contributed by atoms with Crippen molar-refractivity contribution in [3.8, 4) is 0 Å².